The smallest absolute Gasteiger partial charge is 0.150 e. The lowest BCUT2D eigenvalue weighted by molar-refractivity contribution is 0.222. The summed E-state index contributed by atoms with van der Waals surface area (Å²) in [5, 5.41) is 9.43. The van der Waals surface area contributed by atoms with Crippen LogP contribution in [0.25, 0.3) is 0 Å². The van der Waals surface area contributed by atoms with E-state index in [1.54, 1.807) is 12.4 Å². The van der Waals surface area contributed by atoms with Gasteiger partial charge in [0.05, 0.1) is 5.69 Å². The number of hydrogen-bond donors (Lipinski definition) is 1. The van der Waals surface area contributed by atoms with Crippen molar-refractivity contribution in [3.63, 3.8) is 0 Å². The monoisotopic (exact) mass is 255 g/mol. The maximum Gasteiger partial charge on any atom is 0.150 e. The number of hydrogen-bond acceptors (Lipinski definition) is 4. The number of aromatic nitrogens is 2. The molecule has 0 aliphatic carbocycles. The zero-order chi connectivity index (χ0) is 13.1. The van der Waals surface area contributed by atoms with Gasteiger partial charge in [-0.15, -0.1) is 0 Å². The lowest BCUT2D eigenvalue weighted by Gasteiger charge is -2.33. The molecule has 1 unspecified atom stereocenters. The van der Waals surface area contributed by atoms with E-state index in [0.717, 1.165) is 31.0 Å². The minimum Gasteiger partial charge on any atom is -0.396 e. The summed E-state index contributed by atoms with van der Waals surface area (Å²) in [7, 11) is 0. The minimum absolute atomic E-state index is 0.196. The Hall–Kier alpha value is -1.94. The van der Waals surface area contributed by atoms with Crippen molar-refractivity contribution in [2.45, 2.75) is 13.0 Å². The first-order valence-corrected chi connectivity index (χ1v) is 6.56. The van der Waals surface area contributed by atoms with Gasteiger partial charge < -0.3 is 10.0 Å². The molecule has 98 valence electrons. The number of benzene rings is 1. The Morgan fingerprint density at radius 1 is 1.16 bits per heavy atom. The molecule has 0 bridgehead atoms. The molecular weight excluding hydrogens is 238 g/mol. The summed E-state index contributed by atoms with van der Waals surface area (Å²) in [5.41, 5.74) is 2.24. The zero-order valence-electron chi connectivity index (χ0n) is 10.7. The maximum absolute atomic E-state index is 9.43. The SMILES string of the molecule is OCC1Cc2nccnc2N(Cc2ccccc2)C1. The van der Waals surface area contributed by atoms with Crippen molar-refractivity contribution in [2.75, 3.05) is 18.1 Å². The highest BCUT2D eigenvalue weighted by Gasteiger charge is 2.25. The van der Waals surface area contributed by atoms with Crippen LogP contribution < -0.4 is 4.90 Å². The van der Waals surface area contributed by atoms with Gasteiger partial charge in [0.1, 0.15) is 0 Å². The van der Waals surface area contributed by atoms with Crippen molar-refractivity contribution in [1.29, 1.82) is 0 Å². The third-order valence-corrected chi connectivity index (χ3v) is 3.49. The summed E-state index contributed by atoms with van der Waals surface area (Å²) < 4.78 is 0. The number of aliphatic hydroxyl groups excluding tert-OH is 1. The third-order valence-electron chi connectivity index (χ3n) is 3.49. The molecule has 3 rings (SSSR count). The average molecular weight is 255 g/mol. The van der Waals surface area contributed by atoms with Gasteiger partial charge >= 0.3 is 0 Å². The summed E-state index contributed by atoms with van der Waals surface area (Å²) >= 11 is 0. The first-order valence-electron chi connectivity index (χ1n) is 6.56. The standard InChI is InChI=1S/C15H17N3O/c19-11-13-8-14-15(17-7-6-16-14)18(10-13)9-12-4-2-1-3-5-12/h1-7,13,19H,8-11H2. The van der Waals surface area contributed by atoms with Crippen molar-refractivity contribution in [3.05, 3.63) is 54.0 Å². The molecule has 0 saturated carbocycles. The second-order valence-electron chi connectivity index (χ2n) is 4.95. The Morgan fingerprint density at radius 2 is 1.95 bits per heavy atom. The van der Waals surface area contributed by atoms with E-state index < -0.39 is 0 Å². The molecule has 0 saturated heterocycles. The molecule has 0 radical (unpaired) electrons. The first-order chi connectivity index (χ1) is 9.36. The van der Waals surface area contributed by atoms with Crippen molar-refractivity contribution < 1.29 is 5.11 Å². The number of rotatable bonds is 3. The molecule has 1 atom stereocenters. The van der Waals surface area contributed by atoms with Gasteiger partial charge in [-0.05, 0) is 5.56 Å². The highest BCUT2D eigenvalue weighted by atomic mass is 16.3. The average Bonchev–Trinajstić information content (AvgIpc) is 2.48. The topological polar surface area (TPSA) is 49.3 Å². The maximum atomic E-state index is 9.43. The molecule has 2 aromatic rings. The van der Waals surface area contributed by atoms with E-state index in [1.807, 2.05) is 18.2 Å². The molecule has 1 aromatic heterocycles. The molecule has 19 heavy (non-hydrogen) atoms. The van der Waals surface area contributed by atoms with Crippen LogP contribution in [0.5, 0.6) is 0 Å². The van der Waals surface area contributed by atoms with Crippen molar-refractivity contribution in [3.8, 4) is 0 Å². The van der Waals surface area contributed by atoms with Gasteiger partial charge in [-0.25, -0.2) is 4.98 Å². The van der Waals surface area contributed by atoms with Gasteiger partial charge in [-0.3, -0.25) is 4.98 Å². The van der Waals surface area contributed by atoms with E-state index in [0.29, 0.717) is 0 Å². The van der Waals surface area contributed by atoms with Gasteiger partial charge in [-0.1, -0.05) is 30.3 Å². The summed E-state index contributed by atoms with van der Waals surface area (Å²) in [6.45, 7) is 1.83. The van der Waals surface area contributed by atoms with Crippen molar-refractivity contribution in [2.24, 2.45) is 5.92 Å². The van der Waals surface area contributed by atoms with Gasteiger partial charge in [-0.2, -0.15) is 0 Å². The Labute approximate surface area is 112 Å². The highest BCUT2D eigenvalue weighted by Crippen LogP contribution is 2.26. The van der Waals surface area contributed by atoms with Gasteiger partial charge in [0.25, 0.3) is 0 Å². The number of nitrogens with zero attached hydrogens (tertiary/aromatic N) is 3. The molecule has 4 heteroatoms. The van der Waals surface area contributed by atoms with Crippen molar-refractivity contribution >= 4 is 5.82 Å². The quantitative estimate of drug-likeness (QED) is 0.906. The largest absolute Gasteiger partial charge is 0.396 e. The van der Waals surface area contributed by atoms with Crippen LogP contribution in [0.1, 0.15) is 11.3 Å². The number of aliphatic hydroxyl groups is 1. The van der Waals surface area contributed by atoms with Crippen molar-refractivity contribution in [1.82, 2.24) is 9.97 Å². The van der Waals surface area contributed by atoms with E-state index >= 15 is 0 Å². The van der Waals surface area contributed by atoms with Crippen LogP contribution >= 0.6 is 0 Å². The minimum atomic E-state index is 0.196. The number of anilines is 1. The summed E-state index contributed by atoms with van der Waals surface area (Å²) in [6, 6.07) is 10.3. The van der Waals surface area contributed by atoms with Gasteiger partial charge in [0.2, 0.25) is 0 Å². The van der Waals surface area contributed by atoms with Crippen LogP contribution in [0, 0.1) is 5.92 Å². The lowest BCUT2D eigenvalue weighted by atomic mass is 9.98. The predicted molar refractivity (Wildman–Crippen MR) is 73.8 cm³/mol. The molecule has 1 aliphatic rings. The van der Waals surface area contributed by atoms with E-state index in [4.69, 9.17) is 0 Å². The van der Waals surface area contributed by atoms with Crippen LogP contribution in [-0.4, -0.2) is 28.2 Å². The second-order valence-corrected chi connectivity index (χ2v) is 4.95. The molecule has 4 nitrogen and oxygen atoms in total. The van der Waals surface area contributed by atoms with E-state index in [9.17, 15) is 5.11 Å². The van der Waals surface area contributed by atoms with E-state index in [1.165, 1.54) is 5.56 Å². The molecule has 2 heterocycles. The molecule has 0 fully saturated rings. The molecule has 1 N–H and O–H groups in total. The van der Waals surface area contributed by atoms with Crippen LogP contribution in [0.4, 0.5) is 5.82 Å². The third kappa shape index (κ3) is 2.58. The molecule has 0 spiro atoms. The number of fused-ring (bicyclic) bond motifs is 1. The normalized spacial score (nSPS) is 18.2. The lowest BCUT2D eigenvalue weighted by Crippen LogP contribution is -2.37. The Morgan fingerprint density at radius 3 is 2.74 bits per heavy atom. The van der Waals surface area contributed by atoms with Crippen LogP contribution in [0.2, 0.25) is 0 Å². The Balaban J connectivity index is 1.88. The fourth-order valence-electron chi connectivity index (χ4n) is 2.57. The van der Waals surface area contributed by atoms with Crippen LogP contribution in [-0.2, 0) is 13.0 Å². The van der Waals surface area contributed by atoms with Crippen LogP contribution in [0.15, 0.2) is 42.7 Å². The highest BCUT2D eigenvalue weighted by molar-refractivity contribution is 5.46. The first kappa shape index (κ1) is 12.1. The Kier molecular flexibility index (Phi) is 3.42. The predicted octanol–water partition coefficient (Wildman–Crippen LogP) is 1.65. The summed E-state index contributed by atoms with van der Waals surface area (Å²) in [5.74, 6) is 1.20. The van der Waals surface area contributed by atoms with E-state index in [-0.39, 0.29) is 12.5 Å². The second kappa shape index (κ2) is 5.36. The van der Waals surface area contributed by atoms with E-state index in [2.05, 4.69) is 27.0 Å². The van der Waals surface area contributed by atoms with Crippen LogP contribution in [0.3, 0.4) is 0 Å². The summed E-state index contributed by atoms with van der Waals surface area (Å²) in [4.78, 5) is 11.1. The van der Waals surface area contributed by atoms with Gasteiger partial charge in [0, 0.05) is 44.4 Å². The fraction of sp³-hybridized carbons (Fsp3) is 0.333. The fourth-order valence-corrected chi connectivity index (χ4v) is 2.57. The Bertz CT molecular complexity index is 544. The molecular formula is C15H17N3O. The van der Waals surface area contributed by atoms with Gasteiger partial charge in [0.15, 0.2) is 5.82 Å². The molecule has 0 amide bonds. The molecule has 1 aliphatic heterocycles. The summed E-state index contributed by atoms with van der Waals surface area (Å²) in [6.07, 6.45) is 4.26. The molecule has 1 aromatic carbocycles. The zero-order valence-corrected chi connectivity index (χ0v) is 10.7.